The molecule has 166 valence electrons. The molecule has 0 bridgehead atoms. The molecule has 0 fully saturated rings. The molecule has 3 rings (SSSR count). The predicted octanol–water partition coefficient (Wildman–Crippen LogP) is 3.00. The van der Waals surface area contributed by atoms with E-state index in [0.29, 0.717) is 55.5 Å². The maximum Gasteiger partial charge on any atom is 0.231 e. The normalized spacial score (nSPS) is 14.3. The summed E-state index contributed by atoms with van der Waals surface area (Å²) in [5.41, 5.74) is 0.825. The van der Waals surface area contributed by atoms with Gasteiger partial charge in [0.1, 0.15) is 0 Å². The maximum absolute atomic E-state index is 10.3. The van der Waals surface area contributed by atoms with E-state index in [1.165, 1.54) is 0 Å². The van der Waals surface area contributed by atoms with Crippen LogP contribution in [0.25, 0.3) is 11.4 Å². The predicted molar refractivity (Wildman–Crippen MR) is 113 cm³/mol. The highest BCUT2D eigenvalue weighted by Gasteiger charge is 2.18. The highest BCUT2D eigenvalue weighted by molar-refractivity contribution is 5.61. The van der Waals surface area contributed by atoms with E-state index in [4.69, 9.17) is 18.7 Å². The Morgan fingerprint density at radius 1 is 1.07 bits per heavy atom. The number of aromatic nitrogens is 2. The molecule has 0 radical (unpaired) electrons. The van der Waals surface area contributed by atoms with Crippen molar-refractivity contribution in [2.45, 2.75) is 40.2 Å². The first kappa shape index (κ1) is 22.5. The summed E-state index contributed by atoms with van der Waals surface area (Å²) in [5.74, 6) is 3.46. The zero-order valence-electron chi connectivity index (χ0n) is 18.3. The van der Waals surface area contributed by atoms with Crippen molar-refractivity contribution >= 4 is 0 Å². The van der Waals surface area contributed by atoms with Crippen molar-refractivity contribution in [3.8, 4) is 22.9 Å². The summed E-state index contributed by atoms with van der Waals surface area (Å²) in [4.78, 5) is 6.74. The average molecular weight is 420 g/mol. The fraction of sp³-hybridized carbons (Fsp3) is 0.636. The Hall–Kier alpha value is -2.16. The lowest BCUT2D eigenvalue weighted by Gasteiger charge is -2.26. The average Bonchev–Trinajstić information content (AvgIpc) is 3.34. The van der Waals surface area contributed by atoms with E-state index in [-0.39, 0.29) is 6.79 Å². The first-order chi connectivity index (χ1) is 14.4. The van der Waals surface area contributed by atoms with E-state index in [0.717, 1.165) is 24.4 Å². The van der Waals surface area contributed by atoms with Crippen LogP contribution in [0.3, 0.4) is 0 Å². The fourth-order valence-corrected chi connectivity index (χ4v) is 3.33. The van der Waals surface area contributed by atoms with Crippen molar-refractivity contribution in [1.29, 1.82) is 0 Å². The number of aliphatic hydroxyl groups is 1. The molecule has 0 saturated heterocycles. The molecule has 1 aromatic carbocycles. The van der Waals surface area contributed by atoms with Gasteiger partial charge in [-0.2, -0.15) is 4.98 Å². The van der Waals surface area contributed by atoms with E-state index in [2.05, 4.69) is 42.7 Å². The van der Waals surface area contributed by atoms with Crippen LogP contribution in [0.4, 0.5) is 0 Å². The highest BCUT2D eigenvalue weighted by atomic mass is 16.7. The quantitative estimate of drug-likeness (QED) is 0.562. The molecule has 1 aliphatic rings. The van der Waals surface area contributed by atoms with E-state index in [1.54, 1.807) is 0 Å². The van der Waals surface area contributed by atoms with Crippen LogP contribution in [-0.2, 0) is 11.2 Å². The standard InChI is InChI=1S/C22H33N3O5/c1-15(2)10-25(11-18(26)13-27-12-16(3)4)8-7-21-23-22(24-30-21)17-5-6-19-20(9-17)29-14-28-19/h5-6,9,15-16,18,26H,7-8,10-14H2,1-4H3. The third-order valence-corrected chi connectivity index (χ3v) is 4.59. The molecular formula is C22H33N3O5. The third-order valence-electron chi connectivity index (χ3n) is 4.59. The van der Waals surface area contributed by atoms with Gasteiger partial charge in [-0.05, 0) is 30.0 Å². The molecule has 30 heavy (non-hydrogen) atoms. The van der Waals surface area contributed by atoms with E-state index in [9.17, 15) is 5.11 Å². The van der Waals surface area contributed by atoms with E-state index < -0.39 is 6.10 Å². The molecule has 0 saturated carbocycles. The molecule has 0 spiro atoms. The minimum atomic E-state index is -0.519. The van der Waals surface area contributed by atoms with Crippen LogP contribution in [0.2, 0.25) is 0 Å². The van der Waals surface area contributed by atoms with Gasteiger partial charge in [-0.25, -0.2) is 0 Å². The van der Waals surface area contributed by atoms with Crippen LogP contribution in [-0.4, -0.2) is 65.9 Å². The van der Waals surface area contributed by atoms with Gasteiger partial charge in [0, 0.05) is 38.2 Å². The summed E-state index contributed by atoms with van der Waals surface area (Å²) < 4.78 is 21.8. The van der Waals surface area contributed by atoms with E-state index >= 15 is 0 Å². The molecule has 1 aliphatic heterocycles. The molecule has 1 unspecified atom stereocenters. The SMILES string of the molecule is CC(C)COCC(O)CN(CCc1nc(-c2ccc3c(c2)OCO3)no1)CC(C)C. The van der Waals surface area contributed by atoms with E-state index in [1.807, 2.05) is 18.2 Å². The summed E-state index contributed by atoms with van der Waals surface area (Å²) in [6.07, 6.45) is 0.0958. The maximum atomic E-state index is 10.3. The van der Waals surface area contributed by atoms with Crippen LogP contribution >= 0.6 is 0 Å². The fourth-order valence-electron chi connectivity index (χ4n) is 3.33. The number of hydrogen-bond donors (Lipinski definition) is 1. The summed E-state index contributed by atoms with van der Waals surface area (Å²) >= 11 is 0. The lowest BCUT2D eigenvalue weighted by molar-refractivity contribution is 0.00649. The number of aliphatic hydroxyl groups excluding tert-OH is 1. The molecule has 1 N–H and O–H groups in total. The van der Waals surface area contributed by atoms with Crippen LogP contribution in [0.15, 0.2) is 22.7 Å². The Morgan fingerprint density at radius 3 is 2.63 bits per heavy atom. The third kappa shape index (κ3) is 6.68. The summed E-state index contributed by atoms with van der Waals surface area (Å²) in [7, 11) is 0. The molecule has 2 aromatic rings. The Balaban J connectivity index is 1.53. The van der Waals surface area contributed by atoms with Crippen LogP contribution < -0.4 is 9.47 Å². The Labute approximate surface area is 178 Å². The summed E-state index contributed by atoms with van der Waals surface area (Å²) in [6, 6.07) is 5.59. The van der Waals surface area contributed by atoms with Crippen molar-refractivity contribution in [3.63, 3.8) is 0 Å². The van der Waals surface area contributed by atoms with Gasteiger partial charge in [0.15, 0.2) is 11.5 Å². The van der Waals surface area contributed by atoms with Crippen molar-refractivity contribution in [1.82, 2.24) is 15.0 Å². The van der Waals surface area contributed by atoms with Crippen molar-refractivity contribution in [2.75, 3.05) is 39.6 Å². The van der Waals surface area contributed by atoms with Gasteiger partial charge >= 0.3 is 0 Å². The van der Waals surface area contributed by atoms with Crippen LogP contribution in [0, 0.1) is 11.8 Å². The molecule has 0 amide bonds. The zero-order chi connectivity index (χ0) is 21.5. The molecule has 8 heteroatoms. The van der Waals surface area contributed by atoms with Crippen LogP contribution in [0.1, 0.15) is 33.6 Å². The largest absolute Gasteiger partial charge is 0.454 e. The molecule has 8 nitrogen and oxygen atoms in total. The monoisotopic (exact) mass is 419 g/mol. The molecule has 1 atom stereocenters. The molecule has 0 aliphatic carbocycles. The van der Waals surface area contributed by atoms with Gasteiger partial charge in [0.25, 0.3) is 0 Å². The Kier molecular flexibility index (Phi) is 8.07. The number of hydrogen-bond acceptors (Lipinski definition) is 8. The number of rotatable bonds is 12. The van der Waals surface area contributed by atoms with Gasteiger partial charge in [-0.3, -0.25) is 4.90 Å². The van der Waals surface area contributed by atoms with Crippen LogP contribution in [0.5, 0.6) is 11.5 Å². The molecular weight excluding hydrogens is 386 g/mol. The number of nitrogens with zero attached hydrogens (tertiary/aromatic N) is 3. The zero-order valence-corrected chi connectivity index (χ0v) is 18.3. The smallest absolute Gasteiger partial charge is 0.231 e. The van der Waals surface area contributed by atoms with Crippen molar-refractivity contribution in [2.24, 2.45) is 11.8 Å². The number of ether oxygens (including phenoxy) is 3. The van der Waals surface area contributed by atoms with Gasteiger partial charge in [-0.1, -0.05) is 32.9 Å². The lowest BCUT2D eigenvalue weighted by atomic mass is 10.2. The van der Waals surface area contributed by atoms with Gasteiger partial charge in [-0.15, -0.1) is 0 Å². The lowest BCUT2D eigenvalue weighted by Crippen LogP contribution is -2.38. The topological polar surface area (TPSA) is 90.1 Å². The summed E-state index contributed by atoms with van der Waals surface area (Å²) in [5, 5.41) is 14.4. The Morgan fingerprint density at radius 2 is 1.87 bits per heavy atom. The molecule has 2 heterocycles. The van der Waals surface area contributed by atoms with Crippen molar-refractivity contribution < 1.29 is 23.8 Å². The second kappa shape index (κ2) is 10.7. The minimum absolute atomic E-state index is 0.232. The summed E-state index contributed by atoms with van der Waals surface area (Å²) in [6.45, 7) is 11.9. The van der Waals surface area contributed by atoms with Gasteiger partial charge < -0.3 is 23.8 Å². The van der Waals surface area contributed by atoms with Gasteiger partial charge in [0.05, 0.1) is 12.7 Å². The minimum Gasteiger partial charge on any atom is -0.454 e. The highest BCUT2D eigenvalue weighted by Crippen LogP contribution is 2.35. The van der Waals surface area contributed by atoms with Gasteiger partial charge in [0.2, 0.25) is 18.5 Å². The molecule has 1 aromatic heterocycles. The number of benzene rings is 1. The number of fused-ring (bicyclic) bond motifs is 1. The first-order valence-electron chi connectivity index (χ1n) is 10.6. The first-order valence-corrected chi connectivity index (χ1v) is 10.6. The van der Waals surface area contributed by atoms with Crippen molar-refractivity contribution in [3.05, 3.63) is 24.1 Å². The second-order valence-corrected chi connectivity index (χ2v) is 8.57. The second-order valence-electron chi connectivity index (χ2n) is 8.57. The Bertz CT molecular complexity index is 793.